The Morgan fingerprint density at radius 1 is 1.80 bits per heavy atom. The van der Waals surface area contributed by atoms with E-state index in [0.717, 1.165) is 0 Å². The van der Waals surface area contributed by atoms with E-state index in [9.17, 15) is 0 Å². The van der Waals surface area contributed by atoms with Crippen molar-refractivity contribution in [1.29, 1.82) is 0 Å². The molecule has 3 heteroatoms. The van der Waals surface area contributed by atoms with Gasteiger partial charge in [0.15, 0.2) is 11.4 Å². The predicted octanol–water partition coefficient (Wildman–Crippen LogP) is -0.511. The van der Waals surface area contributed by atoms with Gasteiger partial charge < -0.3 is 0 Å². The average Bonchev–Trinajstić information content (AvgIpc) is 1.76. The monoisotopic (exact) mass is 71.0 g/mol. The van der Waals surface area contributed by atoms with Crippen LogP contribution in [0.15, 0.2) is 17.0 Å². The maximum atomic E-state index is 4.21. The Kier molecular flexibility index (Phi) is 0.400. The van der Waals surface area contributed by atoms with Crippen molar-refractivity contribution in [1.82, 2.24) is 5.16 Å². The number of aromatic nitrogens is 2. The van der Waals surface area contributed by atoms with E-state index < -0.39 is 0 Å². The van der Waals surface area contributed by atoms with E-state index in [-0.39, 0.29) is 0 Å². The van der Waals surface area contributed by atoms with Gasteiger partial charge in [-0.2, -0.15) is 0 Å². The molecular weight excluding hydrogens is 68.0 g/mol. The molecule has 1 heterocycles. The summed E-state index contributed by atoms with van der Waals surface area (Å²) in [4.78, 5) is 0. The Labute approximate surface area is 28.6 Å². The molecule has 0 aromatic carbocycles. The molecule has 3 nitrogen and oxygen atoms in total. The number of rotatable bonds is 0. The molecule has 0 amide bonds. The van der Waals surface area contributed by atoms with Gasteiger partial charge in [-0.1, -0.05) is 9.79 Å². The van der Waals surface area contributed by atoms with Crippen LogP contribution in [0.1, 0.15) is 0 Å². The van der Waals surface area contributed by atoms with Crippen LogP contribution in [0.3, 0.4) is 0 Å². The Bertz CT molecular complexity index is 64.1. The minimum atomic E-state index is 1.53. The molecule has 1 N–H and O–H groups in total. The first-order chi connectivity index (χ1) is 2.50. The fourth-order valence-corrected chi connectivity index (χ4v) is 0.152. The van der Waals surface area contributed by atoms with E-state index >= 15 is 0 Å². The number of aromatic amines is 1. The fourth-order valence-electron chi connectivity index (χ4n) is 0.152. The minimum Gasteiger partial charge on any atom is -0.0877 e. The van der Waals surface area contributed by atoms with Crippen molar-refractivity contribution >= 4 is 0 Å². The molecule has 5 heavy (non-hydrogen) atoms. The number of hydrogen-bond donors (Lipinski definition) is 0. The summed E-state index contributed by atoms with van der Waals surface area (Å²) >= 11 is 0. The lowest BCUT2D eigenvalue weighted by atomic mass is 11.0. The molecule has 0 saturated heterocycles. The zero-order valence-corrected chi connectivity index (χ0v) is 2.51. The third-order valence-electron chi connectivity index (χ3n) is 0.309. The molecule has 0 radical (unpaired) electrons. The molecule has 0 aliphatic rings. The molecule has 1 aromatic rings. The molecule has 0 aliphatic heterocycles. The summed E-state index contributed by atoms with van der Waals surface area (Å²) in [7, 11) is 0. The summed E-state index contributed by atoms with van der Waals surface area (Å²) in [6.45, 7) is 0. The van der Waals surface area contributed by atoms with Crippen molar-refractivity contribution in [2.75, 3.05) is 0 Å². The van der Waals surface area contributed by atoms with Crippen molar-refractivity contribution in [2.45, 2.75) is 0 Å². The standard InChI is InChI=1S/C2H2N2O/c1-2-4-5-3-1/h1-2H/p+1. The van der Waals surface area contributed by atoms with Gasteiger partial charge in [-0.25, -0.2) is 0 Å². The molecular formula is C2H3N2O+. The summed E-state index contributed by atoms with van der Waals surface area (Å²) < 4.78 is 4.21. The second kappa shape index (κ2) is 0.839. The van der Waals surface area contributed by atoms with Crippen LogP contribution in [0.2, 0.25) is 0 Å². The molecule has 0 fully saturated rings. The Morgan fingerprint density at radius 2 is 2.80 bits per heavy atom. The first-order valence-electron chi connectivity index (χ1n) is 1.27. The Morgan fingerprint density at radius 3 is 3.00 bits per heavy atom. The summed E-state index contributed by atoms with van der Waals surface area (Å²) in [5.74, 6) is 0. The van der Waals surface area contributed by atoms with Crippen molar-refractivity contribution in [2.24, 2.45) is 0 Å². The van der Waals surface area contributed by atoms with Crippen LogP contribution in [0, 0.1) is 0 Å². The van der Waals surface area contributed by atoms with E-state index in [0.29, 0.717) is 0 Å². The van der Waals surface area contributed by atoms with Crippen molar-refractivity contribution in [3.8, 4) is 0 Å². The number of H-pyrrole nitrogens is 1. The van der Waals surface area contributed by atoms with Crippen LogP contribution >= 0.6 is 0 Å². The molecule has 0 atom stereocenters. The molecule has 0 spiro atoms. The smallest absolute Gasteiger partial charge is 0.0877 e. The van der Waals surface area contributed by atoms with E-state index in [1.165, 1.54) is 6.20 Å². The third kappa shape index (κ3) is 0.238. The summed E-state index contributed by atoms with van der Waals surface area (Å²) in [5.41, 5.74) is 0. The Hall–Kier alpha value is -0.860. The molecule has 0 saturated carbocycles. The number of nitrogens with zero attached hydrogens (tertiary/aromatic N) is 1. The average molecular weight is 71.1 g/mol. The largest absolute Gasteiger partial charge is 0.230 e. The summed E-state index contributed by atoms with van der Waals surface area (Å²) in [5, 5.41) is 5.67. The third-order valence-corrected chi connectivity index (χ3v) is 0.309. The van der Waals surface area contributed by atoms with Crippen LogP contribution in [0.4, 0.5) is 0 Å². The molecule has 26 valence electrons. The minimum absolute atomic E-state index is 1.53. The van der Waals surface area contributed by atoms with Crippen molar-refractivity contribution in [3.05, 3.63) is 12.4 Å². The zero-order valence-electron chi connectivity index (χ0n) is 2.51. The van der Waals surface area contributed by atoms with Gasteiger partial charge in [0, 0.05) is 0 Å². The first-order valence-corrected chi connectivity index (χ1v) is 1.27. The zero-order chi connectivity index (χ0) is 3.54. The summed E-state index contributed by atoms with van der Waals surface area (Å²) in [6.07, 6.45) is 3.12. The molecule has 1 rings (SSSR count). The van der Waals surface area contributed by atoms with Crippen LogP contribution in [0.5, 0.6) is 0 Å². The van der Waals surface area contributed by atoms with Gasteiger partial charge in [0.2, 0.25) is 6.20 Å². The van der Waals surface area contributed by atoms with E-state index in [1.807, 2.05) is 0 Å². The second-order valence-corrected chi connectivity index (χ2v) is 0.630. The lowest BCUT2D eigenvalue weighted by Gasteiger charge is -1.34. The summed E-state index contributed by atoms with van der Waals surface area (Å²) in [6, 6.07) is 0. The lowest BCUT2D eigenvalue weighted by Crippen LogP contribution is -1.87. The van der Waals surface area contributed by atoms with Crippen LogP contribution in [-0.2, 0) is 0 Å². The molecule has 0 aliphatic carbocycles. The van der Waals surface area contributed by atoms with Gasteiger partial charge in [0.25, 0.3) is 0 Å². The second-order valence-electron chi connectivity index (χ2n) is 0.630. The highest BCUT2D eigenvalue weighted by molar-refractivity contribution is 4.43. The highest BCUT2D eigenvalue weighted by atomic mass is 16.6. The lowest BCUT2D eigenvalue weighted by molar-refractivity contribution is -0.622. The molecule has 0 unspecified atom stereocenters. The SMILES string of the molecule is c1c[nH+]on1. The highest BCUT2D eigenvalue weighted by Crippen LogP contribution is 1.53. The maximum absolute atomic E-state index is 4.21. The highest BCUT2D eigenvalue weighted by Gasteiger charge is 1.73. The number of hydrogen-bond acceptors (Lipinski definition) is 2. The number of nitrogens with one attached hydrogen (secondary N) is 1. The normalized spacial score (nSPS) is 8.00. The first kappa shape index (κ1) is 2.38. The van der Waals surface area contributed by atoms with Crippen molar-refractivity contribution < 1.29 is 9.79 Å². The Balaban J connectivity index is 3.13. The van der Waals surface area contributed by atoms with Gasteiger partial charge >= 0.3 is 0 Å². The fraction of sp³-hybridized carbons (Fsp3) is 0. The van der Waals surface area contributed by atoms with E-state index in [2.05, 4.69) is 14.9 Å². The van der Waals surface area contributed by atoms with Gasteiger partial charge in [0.05, 0.1) is 0 Å². The quantitative estimate of drug-likeness (QED) is 0.413. The van der Waals surface area contributed by atoms with Crippen LogP contribution < -0.4 is 5.16 Å². The van der Waals surface area contributed by atoms with Gasteiger partial charge in [0.1, 0.15) is 0 Å². The van der Waals surface area contributed by atoms with E-state index in [1.54, 1.807) is 6.20 Å². The maximum Gasteiger partial charge on any atom is 0.230 e. The van der Waals surface area contributed by atoms with Crippen LogP contribution in [0.25, 0.3) is 0 Å². The van der Waals surface area contributed by atoms with Gasteiger partial charge in [-0.15, -0.1) is 0 Å². The van der Waals surface area contributed by atoms with Gasteiger partial charge in [-0.3, -0.25) is 0 Å². The van der Waals surface area contributed by atoms with E-state index in [4.69, 9.17) is 0 Å². The van der Waals surface area contributed by atoms with Crippen LogP contribution in [-0.4, -0.2) is 5.16 Å². The van der Waals surface area contributed by atoms with Crippen molar-refractivity contribution in [3.63, 3.8) is 0 Å². The molecule has 1 aromatic heterocycles. The predicted molar refractivity (Wildman–Crippen MR) is 13.1 cm³/mol. The molecule has 0 bridgehead atoms. The van der Waals surface area contributed by atoms with Gasteiger partial charge in [-0.05, 0) is 0 Å². The topological polar surface area (TPSA) is 40.2 Å².